The lowest BCUT2D eigenvalue weighted by Crippen LogP contribution is -2.40. The lowest BCUT2D eigenvalue weighted by Gasteiger charge is -2.38. The highest BCUT2D eigenvalue weighted by molar-refractivity contribution is 9.12. The fourth-order valence-electron chi connectivity index (χ4n) is 3.45. The molecule has 0 saturated heterocycles. The summed E-state index contributed by atoms with van der Waals surface area (Å²) in [6.07, 6.45) is 8.32. The SMILES string of the molecule is CC(=O)C[C@@H](C1CCCCC1)[C@]1(C)C=C(Br)C(=O)O1. The van der Waals surface area contributed by atoms with Gasteiger partial charge in [-0.3, -0.25) is 0 Å². The Morgan fingerprint density at radius 2 is 2.11 bits per heavy atom. The largest absolute Gasteiger partial charge is 0.451 e. The predicted molar refractivity (Wildman–Crippen MR) is 76.9 cm³/mol. The van der Waals surface area contributed by atoms with E-state index in [1.165, 1.54) is 19.3 Å². The number of ether oxygens (including phenoxy) is 1. The molecule has 2 aliphatic rings. The quantitative estimate of drug-likeness (QED) is 0.738. The van der Waals surface area contributed by atoms with Crippen LogP contribution in [0.4, 0.5) is 0 Å². The summed E-state index contributed by atoms with van der Waals surface area (Å²) in [5.41, 5.74) is -0.635. The maximum absolute atomic E-state index is 11.6. The Morgan fingerprint density at radius 3 is 2.58 bits per heavy atom. The van der Waals surface area contributed by atoms with E-state index in [2.05, 4.69) is 15.9 Å². The molecule has 0 N–H and O–H groups in total. The molecule has 1 aliphatic heterocycles. The van der Waals surface area contributed by atoms with Crippen LogP contribution in [0.2, 0.25) is 0 Å². The monoisotopic (exact) mass is 328 g/mol. The minimum absolute atomic E-state index is 0.101. The molecule has 0 spiro atoms. The van der Waals surface area contributed by atoms with Gasteiger partial charge in [0.25, 0.3) is 0 Å². The smallest absolute Gasteiger partial charge is 0.345 e. The molecular formula is C15H21BrO3. The van der Waals surface area contributed by atoms with Crippen LogP contribution in [0.5, 0.6) is 0 Å². The first-order valence-electron chi connectivity index (χ1n) is 7.03. The summed E-state index contributed by atoms with van der Waals surface area (Å²) in [6, 6.07) is 0. The first-order chi connectivity index (χ1) is 8.92. The number of ketones is 1. The number of hydrogen-bond acceptors (Lipinski definition) is 3. The minimum Gasteiger partial charge on any atom is -0.451 e. The molecule has 4 heteroatoms. The van der Waals surface area contributed by atoms with Crippen molar-refractivity contribution in [2.45, 2.75) is 58.0 Å². The Balaban J connectivity index is 2.22. The number of carbonyl (C=O) groups is 2. The van der Waals surface area contributed by atoms with E-state index in [0.717, 1.165) is 12.8 Å². The second-order valence-electron chi connectivity index (χ2n) is 5.98. The van der Waals surface area contributed by atoms with Gasteiger partial charge in [-0.15, -0.1) is 0 Å². The van der Waals surface area contributed by atoms with Crippen molar-refractivity contribution in [1.82, 2.24) is 0 Å². The summed E-state index contributed by atoms with van der Waals surface area (Å²) in [5, 5.41) is 0. The molecule has 1 aliphatic carbocycles. The molecule has 0 amide bonds. The molecule has 1 fully saturated rings. The Kier molecular flexibility index (Phi) is 4.49. The molecule has 0 aromatic heterocycles. The molecule has 0 aromatic rings. The van der Waals surface area contributed by atoms with Gasteiger partial charge in [0.1, 0.15) is 15.9 Å². The van der Waals surface area contributed by atoms with Crippen molar-refractivity contribution in [3.05, 3.63) is 10.6 Å². The molecule has 0 radical (unpaired) electrons. The maximum Gasteiger partial charge on any atom is 0.345 e. The van der Waals surface area contributed by atoms with Crippen LogP contribution in [0.15, 0.2) is 10.6 Å². The Bertz CT molecular complexity index is 410. The van der Waals surface area contributed by atoms with E-state index in [0.29, 0.717) is 16.8 Å². The molecule has 1 saturated carbocycles. The molecule has 106 valence electrons. The Labute approximate surface area is 122 Å². The third kappa shape index (κ3) is 3.28. The molecule has 3 nitrogen and oxygen atoms in total. The summed E-state index contributed by atoms with van der Waals surface area (Å²) in [7, 11) is 0. The molecule has 2 rings (SSSR count). The number of hydrogen-bond donors (Lipinski definition) is 0. The molecule has 2 atom stereocenters. The number of carbonyl (C=O) groups excluding carboxylic acids is 2. The number of rotatable bonds is 4. The van der Waals surface area contributed by atoms with Crippen LogP contribution in [0.25, 0.3) is 0 Å². The predicted octanol–water partition coefficient (Wildman–Crippen LogP) is 3.76. The Hall–Kier alpha value is -0.640. The van der Waals surface area contributed by atoms with Gasteiger partial charge >= 0.3 is 5.97 Å². The zero-order chi connectivity index (χ0) is 14.0. The van der Waals surface area contributed by atoms with Gasteiger partial charge in [0.05, 0.1) is 0 Å². The van der Waals surface area contributed by atoms with E-state index >= 15 is 0 Å². The zero-order valence-electron chi connectivity index (χ0n) is 11.6. The fraction of sp³-hybridized carbons (Fsp3) is 0.733. The van der Waals surface area contributed by atoms with Gasteiger partial charge in [-0.1, -0.05) is 32.1 Å². The highest BCUT2D eigenvalue weighted by atomic mass is 79.9. The van der Waals surface area contributed by atoms with E-state index in [9.17, 15) is 9.59 Å². The average molecular weight is 329 g/mol. The van der Waals surface area contributed by atoms with Crippen molar-refractivity contribution >= 4 is 27.7 Å². The molecule has 0 aromatic carbocycles. The van der Waals surface area contributed by atoms with E-state index < -0.39 is 5.60 Å². The lowest BCUT2D eigenvalue weighted by molar-refractivity contribution is -0.152. The summed E-state index contributed by atoms with van der Waals surface area (Å²) >= 11 is 3.24. The van der Waals surface area contributed by atoms with Crippen LogP contribution >= 0.6 is 15.9 Å². The van der Waals surface area contributed by atoms with Crippen molar-refractivity contribution in [3.8, 4) is 0 Å². The number of halogens is 1. The van der Waals surface area contributed by atoms with E-state index in [1.807, 2.05) is 13.0 Å². The van der Waals surface area contributed by atoms with Crippen LogP contribution in [-0.4, -0.2) is 17.4 Å². The molecule has 0 bridgehead atoms. The summed E-state index contributed by atoms with van der Waals surface area (Å²) in [5.74, 6) is 0.436. The van der Waals surface area contributed by atoms with E-state index in [1.54, 1.807) is 6.92 Å². The van der Waals surface area contributed by atoms with Crippen molar-refractivity contribution in [1.29, 1.82) is 0 Å². The van der Waals surface area contributed by atoms with Gasteiger partial charge in [0.15, 0.2) is 0 Å². The third-order valence-electron chi connectivity index (χ3n) is 4.38. The number of Topliss-reactive ketones (excluding diaryl/α,β-unsaturated/α-hetero) is 1. The van der Waals surface area contributed by atoms with Crippen LogP contribution in [0.1, 0.15) is 52.4 Å². The van der Waals surface area contributed by atoms with Crippen LogP contribution in [-0.2, 0) is 14.3 Å². The van der Waals surface area contributed by atoms with Gasteiger partial charge in [-0.25, -0.2) is 4.79 Å². The Morgan fingerprint density at radius 1 is 1.47 bits per heavy atom. The number of cyclic esters (lactones) is 1. The summed E-state index contributed by atoms with van der Waals surface area (Å²) < 4.78 is 6.03. The van der Waals surface area contributed by atoms with Gasteiger partial charge in [-0.05, 0) is 41.8 Å². The van der Waals surface area contributed by atoms with Gasteiger partial charge in [0, 0.05) is 12.3 Å². The average Bonchev–Trinajstić information content (AvgIpc) is 2.62. The van der Waals surface area contributed by atoms with Crippen molar-refractivity contribution in [2.75, 3.05) is 0 Å². The second kappa shape index (κ2) is 5.78. The van der Waals surface area contributed by atoms with Crippen molar-refractivity contribution in [3.63, 3.8) is 0 Å². The second-order valence-corrected chi connectivity index (χ2v) is 6.83. The van der Waals surface area contributed by atoms with Crippen LogP contribution in [0.3, 0.4) is 0 Å². The van der Waals surface area contributed by atoms with Crippen LogP contribution in [0, 0.1) is 11.8 Å². The van der Waals surface area contributed by atoms with Crippen molar-refractivity contribution < 1.29 is 14.3 Å². The summed E-state index contributed by atoms with van der Waals surface area (Å²) in [4.78, 5) is 23.2. The maximum atomic E-state index is 11.6. The molecule has 0 unspecified atom stereocenters. The van der Waals surface area contributed by atoms with Crippen LogP contribution < -0.4 is 0 Å². The topological polar surface area (TPSA) is 43.4 Å². The third-order valence-corrected chi connectivity index (χ3v) is 4.94. The highest BCUT2D eigenvalue weighted by Gasteiger charge is 2.45. The van der Waals surface area contributed by atoms with Gasteiger partial charge < -0.3 is 9.53 Å². The lowest BCUT2D eigenvalue weighted by atomic mass is 9.70. The molecular weight excluding hydrogens is 308 g/mol. The van der Waals surface area contributed by atoms with Gasteiger partial charge in [0.2, 0.25) is 0 Å². The normalized spacial score (nSPS) is 29.8. The zero-order valence-corrected chi connectivity index (χ0v) is 13.2. The van der Waals surface area contributed by atoms with E-state index in [4.69, 9.17) is 4.74 Å². The van der Waals surface area contributed by atoms with E-state index in [-0.39, 0.29) is 17.7 Å². The van der Waals surface area contributed by atoms with Gasteiger partial charge in [-0.2, -0.15) is 0 Å². The first-order valence-corrected chi connectivity index (χ1v) is 7.83. The standard InChI is InChI=1S/C15H21BrO3/c1-10(17)8-12(11-6-4-3-5-7-11)15(2)9-13(16)14(18)19-15/h9,11-12H,3-8H2,1-2H3/t12-,15-/m0/s1. The first kappa shape index (κ1) is 14.8. The molecule has 1 heterocycles. The fourth-order valence-corrected chi connectivity index (χ4v) is 3.99. The highest BCUT2D eigenvalue weighted by Crippen LogP contribution is 2.44. The minimum atomic E-state index is -0.635. The molecule has 19 heavy (non-hydrogen) atoms. The summed E-state index contributed by atoms with van der Waals surface area (Å²) in [6.45, 7) is 3.55. The number of esters is 1. The van der Waals surface area contributed by atoms with Crippen molar-refractivity contribution in [2.24, 2.45) is 11.8 Å².